The average Bonchev–Trinajstić information content (AvgIpc) is 2.35. The van der Waals surface area contributed by atoms with Crippen LogP contribution in [0.2, 0.25) is 0 Å². The molecular weight excluding hydrogens is 266 g/mol. The summed E-state index contributed by atoms with van der Waals surface area (Å²) in [4.78, 5) is 10.9. The van der Waals surface area contributed by atoms with Gasteiger partial charge < -0.3 is 5.11 Å². The van der Waals surface area contributed by atoms with Gasteiger partial charge >= 0.3 is 5.97 Å². The fourth-order valence-corrected chi connectivity index (χ4v) is 2.87. The Kier molecular flexibility index (Phi) is 5.08. The van der Waals surface area contributed by atoms with Gasteiger partial charge in [0, 0.05) is 0 Å². The van der Waals surface area contributed by atoms with E-state index >= 15 is 0 Å². The minimum atomic E-state index is -3.79. The quantitative estimate of drug-likeness (QED) is 0.836. The number of hydrogen-bond acceptors (Lipinski definition) is 3. The highest BCUT2D eigenvalue weighted by Crippen LogP contribution is 2.17. The molecule has 1 unspecified atom stereocenters. The number of rotatable bonds is 6. The van der Waals surface area contributed by atoms with Gasteiger partial charge in [0.1, 0.15) is 6.04 Å². The van der Waals surface area contributed by atoms with Gasteiger partial charge in [-0.05, 0) is 30.0 Å². The van der Waals surface area contributed by atoms with Crippen molar-refractivity contribution in [3.05, 3.63) is 29.8 Å². The molecule has 1 atom stereocenters. The number of carboxylic acid groups (broad SMARTS) is 1. The third-order valence-electron chi connectivity index (χ3n) is 2.86. The first kappa shape index (κ1) is 15.7. The molecule has 0 spiro atoms. The molecule has 1 aromatic rings. The number of carboxylic acids is 1. The topological polar surface area (TPSA) is 83.5 Å². The summed E-state index contributed by atoms with van der Waals surface area (Å²) >= 11 is 0. The zero-order valence-corrected chi connectivity index (χ0v) is 12.1. The van der Waals surface area contributed by atoms with Gasteiger partial charge in [-0.15, -0.1) is 0 Å². The van der Waals surface area contributed by atoms with Crippen molar-refractivity contribution in [2.75, 3.05) is 0 Å². The second kappa shape index (κ2) is 6.16. The van der Waals surface area contributed by atoms with E-state index in [1.54, 1.807) is 19.1 Å². The van der Waals surface area contributed by atoms with E-state index in [-0.39, 0.29) is 11.3 Å². The van der Waals surface area contributed by atoms with E-state index in [1.165, 1.54) is 12.1 Å². The second-order valence-electron chi connectivity index (χ2n) is 4.64. The summed E-state index contributed by atoms with van der Waals surface area (Å²) < 4.78 is 26.2. The Morgan fingerprint density at radius 1 is 1.26 bits per heavy atom. The van der Waals surface area contributed by atoms with Crippen LogP contribution in [-0.4, -0.2) is 25.5 Å². The van der Waals surface area contributed by atoms with Crippen LogP contribution in [0.4, 0.5) is 0 Å². The maximum absolute atomic E-state index is 12.0. The van der Waals surface area contributed by atoms with Gasteiger partial charge in [-0.25, -0.2) is 8.42 Å². The number of hydrogen-bond donors (Lipinski definition) is 2. The van der Waals surface area contributed by atoms with Crippen molar-refractivity contribution in [1.29, 1.82) is 0 Å². The molecule has 5 nitrogen and oxygen atoms in total. The van der Waals surface area contributed by atoms with Crippen molar-refractivity contribution in [2.24, 2.45) is 0 Å². The first-order valence-corrected chi connectivity index (χ1v) is 7.61. The van der Waals surface area contributed by atoms with Crippen LogP contribution in [0, 0.1) is 0 Å². The maximum atomic E-state index is 12.0. The number of nitrogens with one attached hydrogen (secondary N) is 1. The molecule has 0 aliphatic carbocycles. The van der Waals surface area contributed by atoms with Gasteiger partial charge in [-0.3, -0.25) is 4.79 Å². The fourth-order valence-electron chi connectivity index (χ4n) is 1.60. The highest BCUT2D eigenvalue weighted by Gasteiger charge is 2.23. The predicted octanol–water partition coefficient (Wildman–Crippen LogP) is 1.95. The van der Waals surface area contributed by atoms with Gasteiger partial charge in [0.15, 0.2) is 0 Å². The van der Waals surface area contributed by atoms with Crippen LogP contribution in [0.25, 0.3) is 0 Å². The van der Waals surface area contributed by atoms with Crippen LogP contribution < -0.4 is 4.72 Å². The number of sulfonamides is 1. The molecule has 1 aromatic carbocycles. The van der Waals surface area contributed by atoms with Crippen LogP contribution in [0.3, 0.4) is 0 Å². The van der Waals surface area contributed by atoms with E-state index in [9.17, 15) is 13.2 Å². The summed E-state index contributed by atoms with van der Waals surface area (Å²) in [6.07, 6.45) is 0.193. The zero-order valence-electron chi connectivity index (χ0n) is 11.3. The lowest BCUT2D eigenvalue weighted by Gasteiger charge is -2.13. The van der Waals surface area contributed by atoms with Crippen LogP contribution >= 0.6 is 0 Å². The molecule has 0 aromatic heterocycles. The van der Waals surface area contributed by atoms with Crippen LogP contribution in [0.5, 0.6) is 0 Å². The Bertz CT molecular complexity index is 534. The van der Waals surface area contributed by atoms with Crippen molar-refractivity contribution < 1.29 is 18.3 Å². The van der Waals surface area contributed by atoms with E-state index in [1.807, 2.05) is 13.8 Å². The lowest BCUT2D eigenvalue weighted by molar-refractivity contribution is -0.139. The minimum absolute atomic E-state index is 0.0802. The van der Waals surface area contributed by atoms with E-state index in [4.69, 9.17) is 5.11 Å². The van der Waals surface area contributed by atoms with Crippen LogP contribution in [-0.2, 0) is 14.8 Å². The van der Waals surface area contributed by atoms with E-state index in [0.717, 1.165) is 5.56 Å². The number of carbonyl (C=O) groups is 1. The molecule has 0 aliphatic rings. The van der Waals surface area contributed by atoms with Crippen LogP contribution in [0.1, 0.15) is 38.7 Å². The molecule has 0 heterocycles. The van der Waals surface area contributed by atoms with Gasteiger partial charge in [0.05, 0.1) is 4.90 Å². The number of benzene rings is 1. The average molecular weight is 285 g/mol. The summed E-state index contributed by atoms with van der Waals surface area (Å²) in [5.74, 6) is -0.864. The Balaban J connectivity index is 2.97. The standard InChI is InChI=1S/C13H19NO4S/c1-4-12(13(15)16)14-19(17,18)11-7-5-10(6-8-11)9(2)3/h5-9,12,14H,4H2,1-3H3,(H,15,16). The van der Waals surface area contributed by atoms with Gasteiger partial charge in [0.2, 0.25) is 10.0 Å². The molecule has 106 valence electrons. The molecule has 0 amide bonds. The number of aliphatic carboxylic acids is 1. The normalized spacial score (nSPS) is 13.5. The second-order valence-corrected chi connectivity index (χ2v) is 6.36. The van der Waals surface area contributed by atoms with E-state index in [2.05, 4.69) is 4.72 Å². The molecule has 2 N–H and O–H groups in total. The SMILES string of the molecule is CCC(NS(=O)(=O)c1ccc(C(C)C)cc1)C(=O)O. The lowest BCUT2D eigenvalue weighted by atomic mass is 10.0. The van der Waals surface area contributed by atoms with E-state index in [0.29, 0.717) is 5.92 Å². The first-order chi connectivity index (χ1) is 8.77. The highest BCUT2D eigenvalue weighted by molar-refractivity contribution is 7.89. The predicted molar refractivity (Wildman–Crippen MR) is 72.6 cm³/mol. The maximum Gasteiger partial charge on any atom is 0.321 e. The zero-order chi connectivity index (χ0) is 14.6. The van der Waals surface area contributed by atoms with Gasteiger partial charge in [-0.2, -0.15) is 4.72 Å². The van der Waals surface area contributed by atoms with Crippen molar-refractivity contribution in [1.82, 2.24) is 4.72 Å². The fraction of sp³-hybridized carbons (Fsp3) is 0.462. The summed E-state index contributed by atoms with van der Waals surface area (Å²) in [5.41, 5.74) is 1.03. The summed E-state index contributed by atoms with van der Waals surface area (Å²) in [7, 11) is -3.79. The molecule has 0 bridgehead atoms. The monoisotopic (exact) mass is 285 g/mol. The Hall–Kier alpha value is -1.40. The first-order valence-electron chi connectivity index (χ1n) is 6.13. The Morgan fingerprint density at radius 3 is 2.16 bits per heavy atom. The smallest absolute Gasteiger partial charge is 0.321 e. The lowest BCUT2D eigenvalue weighted by Crippen LogP contribution is -2.40. The summed E-state index contributed by atoms with van der Waals surface area (Å²) in [5, 5.41) is 8.87. The summed E-state index contributed by atoms with van der Waals surface area (Å²) in [6, 6.07) is 5.36. The Morgan fingerprint density at radius 2 is 1.79 bits per heavy atom. The Labute approximate surface area is 113 Å². The van der Waals surface area contributed by atoms with Crippen molar-refractivity contribution in [2.45, 2.75) is 44.0 Å². The van der Waals surface area contributed by atoms with Crippen LogP contribution in [0.15, 0.2) is 29.2 Å². The van der Waals surface area contributed by atoms with Gasteiger partial charge in [0.25, 0.3) is 0 Å². The molecule has 1 rings (SSSR count). The molecule has 0 radical (unpaired) electrons. The molecule has 19 heavy (non-hydrogen) atoms. The largest absolute Gasteiger partial charge is 0.480 e. The molecular formula is C13H19NO4S. The molecule has 6 heteroatoms. The summed E-state index contributed by atoms with van der Waals surface area (Å²) in [6.45, 7) is 5.64. The highest BCUT2D eigenvalue weighted by atomic mass is 32.2. The molecule has 0 saturated heterocycles. The third kappa shape index (κ3) is 4.04. The third-order valence-corrected chi connectivity index (χ3v) is 4.35. The van der Waals surface area contributed by atoms with E-state index < -0.39 is 22.0 Å². The van der Waals surface area contributed by atoms with Gasteiger partial charge in [-0.1, -0.05) is 32.9 Å². The van der Waals surface area contributed by atoms with Crippen molar-refractivity contribution in [3.8, 4) is 0 Å². The van der Waals surface area contributed by atoms with Crippen molar-refractivity contribution in [3.63, 3.8) is 0 Å². The molecule has 0 fully saturated rings. The molecule has 0 saturated carbocycles. The van der Waals surface area contributed by atoms with Crippen molar-refractivity contribution >= 4 is 16.0 Å². The minimum Gasteiger partial charge on any atom is -0.480 e. The molecule has 0 aliphatic heterocycles.